The zero-order chi connectivity index (χ0) is 19.6. The van der Waals surface area contributed by atoms with E-state index in [0.29, 0.717) is 6.04 Å². The van der Waals surface area contributed by atoms with E-state index in [9.17, 15) is 0 Å². The summed E-state index contributed by atoms with van der Waals surface area (Å²) >= 11 is 0. The van der Waals surface area contributed by atoms with Gasteiger partial charge in [-0.25, -0.2) is 0 Å². The van der Waals surface area contributed by atoms with Crippen molar-refractivity contribution in [1.82, 2.24) is 5.32 Å². The molecule has 148 valence electrons. The molecule has 0 heterocycles. The van der Waals surface area contributed by atoms with Gasteiger partial charge in [0, 0.05) is 18.2 Å². The first-order chi connectivity index (χ1) is 13.2. The van der Waals surface area contributed by atoms with Crippen LogP contribution < -0.4 is 19.5 Å². The molecule has 0 aliphatic carbocycles. The lowest BCUT2D eigenvalue weighted by Gasteiger charge is -2.21. The van der Waals surface area contributed by atoms with E-state index in [2.05, 4.69) is 37.4 Å². The third-order valence-electron chi connectivity index (χ3n) is 4.94. The van der Waals surface area contributed by atoms with Crippen molar-refractivity contribution in [1.29, 1.82) is 0 Å². The van der Waals surface area contributed by atoms with Crippen LogP contribution >= 0.6 is 0 Å². The molecule has 1 atom stereocenters. The Kier molecular flexibility index (Phi) is 8.46. The van der Waals surface area contributed by atoms with Crippen LogP contribution in [-0.2, 0) is 19.4 Å². The molecule has 4 nitrogen and oxygen atoms in total. The molecule has 2 aromatic carbocycles. The maximum absolute atomic E-state index is 5.67. The second-order valence-electron chi connectivity index (χ2n) is 6.73. The number of hydrogen-bond acceptors (Lipinski definition) is 4. The van der Waals surface area contributed by atoms with Gasteiger partial charge in [-0.2, -0.15) is 0 Å². The van der Waals surface area contributed by atoms with Crippen LogP contribution in [-0.4, -0.2) is 27.4 Å². The Morgan fingerprint density at radius 2 is 1.44 bits per heavy atom. The van der Waals surface area contributed by atoms with Crippen molar-refractivity contribution in [3.8, 4) is 17.2 Å². The monoisotopic (exact) mass is 371 g/mol. The Morgan fingerprint density at radius 1 is 0.815 bits per heavy atom. The van der Waals surface area contributed by atoms with Gasteiger partial charge in [0.2, 0.25) is 0 Å². The van der Waals surface area contributed by atoms with E-state index in [1.54, 1.807) is 21.3 Å². The molecule has 0 saturated carbocycles. The predicted molar refractivity (Wildman–Crippen MR) is 111 cm³/mol. The first-order valence-corrected chi connectivity index (χ1v) is 9.75. The van der Waals surface area contributed by atoms with Crippen LogP contribution in [0.3, 0.4) is 0 Å². The van der Waals surface area contributed by atoms with Crippen molar-refractivity contribution in [3.05, 3.63) is 53.1 Å². The number of ether oxygens (including phenoxy) is 3. The fourth-order valence-electron chi connectivity index (χ4n) is 3.38. The zero-order valence-corrected chi connectivity index (χ0v) is 17.3. The molecule has 0 aliphatic heterocycles. The van der Waals surface area contributed by atoms with E-state index in [1.807, 2.05) is 18.2 Å². The number of nitrogens with one attached hydrogen (secondary N) is 1. The van der Waals surface area contributed by atoms with Crippen molar-refractivity contribution < 1.29 is 14.2 Å². The van der Waals surface area contributed by atoms with E-state index in [-0.39, 0.29) is 0 Å². The minimum Gasteiger partial charge on any atom is -0.496 e. The fourth-order valence-corrected chi connectivity index (χ4v) is 3.38. The third-order valence-corrected chi connectivity index (χ3v) is 4.94. The second-order valence-corrected chi connectivity index (χ2v) is 6.73. The van der Waals surface area contributed by atoms with Crippen molar-refractivity contribution in [3.63, 3.8) is 0 Å². The van der Waals surface area contributed by atoms with Gasteiger partial charge in [-0.1, -0.05) is 38.5 Å². The quantitative estimate of drug-likeness (QED) is 0.617. The first-order valence-electron chi connectivity index (χ1n) is 9.75. The number of methoxy groups -OCH3 is 3. The molecule has 0 bridgehead atoms. The smallest absolute Gasteiger partial charge is 0.123 e. The molecule has 2 rings (SSSR count). The van der Waals surface area contributed by atoms with Gasteiger partial charge in [0.25, 0.3) is 0 Å². The van der Waals surface area contributed by atoms with Crippen LogP contribution in [0.4, 0.5) is 0 Å². The lowest BCUT2D eigenvalue weighted by molar-refractivity contribution is 0.388. The van der Waals surface area contributed by atoms with Crippen LogP contribution in [0.15, 0.2) is 36.4 Å². The summed E-state index contributed by atoms with van der Waals surface area (Å²) in [4.78, 5) is 0. The average molecular weight is 372 g/mol. The summed E-state index contributed by atoms with van der Waals surface area (Å²) in [5, 5.41) is 3.66. The van der Waals surface area contributed by atoms with Crippen LogP contribution in [0, 0.1) is 0 Å². The molecule has 27 heavy (non-hydrogen) atoms. The van der Waals surface area contributed by atoms with Gasteiger partial charge < -0.3 is 19.5 Å². The molecule has 1 unspecified atom stereocenters. The van der Waals surface area contributed by atoms with E-state index in [0.717, 1.165) is 49.5 Å². The number of benzene rings is 2. The zero-order valence-electron chi connectivity index (χ0n) is 17.3. The summed E-state index contributed by atoms with van der Waals surface area (Å²) in [6, 6.07) is 12.7. The van der Waals surface area contributed by atoms with Gasteiger partial charge in [0.05, 0.1) is 21.3 Å². The Labute approximate surface area is 163 Å². The van der Waals surface area contributed by atoms with E-state index in [1.165, 1.54) is 16.7 Å². The summed E-state index contributed by atoms with van der Waals surface area (Å²) in [7, 11) is 5.19. The molecule has 0 radical (unpaired) electrons. The number of para-hydroxylation sites is 1. The highest BCUT2D eigenvalue weighted by atomic mass is 16.5. The molecule has 2 aromatic rings. The van der Waals surface area contributed by atoms with Crippen molar-refractivity contribution in [2.75, 3.05) is 21.3 Å². The highest BCUT2D eigenvalue weighted by Crippen LogP contribution is 2.31. The lowest BCUT2D eigenvalue weighted by atomic mass is 9.98. The van der Waals surface area contributed by atoms with Gasteiger partial charge in [-0.3, -0.25) is 0 Å². The summed E-state index contributed by atoms with van der Waals surface area (Å²) in [6.07, 6.45) is 3.98. The normalized spacial score (nSPS) is 11.9. The molecule has 0 saturated heterocycles. The van der Waals surface area contributed by atoms with Gasteiger partial charge in [0.15, 0.2) is 0 Å². The highest BCUT2D eigenvalue weighted by molar-refractivity contribution is 5.47. The number of hydrogen-bond donors (Lipinski definition) is 1. The highest BCUT2D eigenvalue weighted by Gasteiger charge is 2.15. The van der Waals surface area contributed by atoms with E-state index < -0.39 is 0 Å². The standard InChI is InChI=1S/C23H33NO3/c1-6-10-17-14-23(27-5)19(15-22(17)26-4)13-20(7-2)24-16-18-11-8-9-12-21(18)25-3/h8-9,11-12,14-15,20,24H,6-7,10,13,16H2,1-5H3. The van der Waals surface area contributed by atoms with Gasteiger partial charge >= 0.3 is 0 Å². The van der Waals surface area contributed by atoms with Crippen LogP contribution in [0.25, 0.3) is 0 Å². The van der Waals surface area contributed by atoms with Gasteiger partial charge in [-0.15, -0.1) is 0 Å². The molecule has 0 spiro atoms. The summed E-state index contributed by atoms with van der Waals surface area (Å²) < 4.78 is 16.7. The topological polar surface area (TPSA) is 39.7 Å². The Hall–Kier alpha value is -2.20. The Bertz CT molecular complexity index is 715. The molecular formula is C23H33NO3. The largest absolute Gasteiger partial charge is 0.496 e. The Balaban J connectivity index is 2.15. The molecule has 0 aliphatic rings. The van der Waals surface area contributed by atoms with Crippen molar-refractivity contribution in [2.45, 2.75) is 52.1 Å². The number of aryl methyl sites for hydroxylation is 1. The maximum Gasteiger partial charge on any atom is 0.123 e. The van der Waals surface area contributed by atoms with Crippen LogP contribution in [0.1, 0.15) is 43.4 Å². The summed E-state index contributed by atoms with van der Waals surface area (Å²) in [5.41, 5.74) is 3.55. The van der Waals surface area contributed by atoms with Crippen molar-refractivity contribution in [2.24, 2.45) is 0 Å². The van der Waals surface area contributed by atoms with Gasteiger partial charge in [0.1, 0.15) is 17.2 Å². The minimum atomic E-state index is 0.338. The SMILES string of the molecule is CCCc1cc(OC)c(CC(CC)NCc2ccccc2OC)cc1OC. The van der Waals surface area contributed by atoms with Crippen LogP contribution in [0.2, 0.25) is 0 Å². The van der Waals surface area contributed by atoms with Crippen molar-refractivity contribution >= 4 is 0 Å². The van der Waals surface area contributed by atoms with E-state index >= 15 is 0 Å². The number of rotatable bonds is 11. The Morgan fingerprint density at radius 3 is 2.07 bits per heavy atom. The molecular weight excluding hydrogens is 338 g/mol. The first kappa shape index (κ1) is 21.1. The predicted octanol–water partition coefficient (Wildman–Crippen LogP) is 4.78. The van der Waals surface area contributed by atoms with Gasteiger partial charge in [-0.05, 0) is 48.6 Å². The summed E-state index contributed by atoms with van der Waals surface area (Å²) in [5.74, 6) is 2.81. The average Bonchev–Trinajstić information content (AvgIpc) is 2.71. The lowest BCUT2D eigenvalue weighted by Crippen LogP contribution is -2.30. The minimum absolute atomic E-state index is 0.338. The van der Waals surface area contributed by atoms with E-state index in [4.69, 9.17) is 14.2 Å². The third kappa shape index (κ3) is 5.64. The fraction of sp³-hybridized carbons (Fsp3) is 0.478. The molecule has 0 aromatic heterocycles. The van der Waals surface area contributed by atoms with Crippen LogP contribution in [0.5, 0.6) is 17.2 Å². The molecule has 4 heteroatoms. The summed E-state index contributed by atoms with van der Waals surface area (Å²) in [6.45, 7) is 5.15. The molecule has 0 fully saturated rings. The maximum atomic E-state index is 5.67. The molecule has 1 N–H and O–H groups in total. The molecule has 0 amide bonds. The second kappa shape index (κ2) is 10.8.